The predicted octanol–water partition coefficient (Wildman–Crippen LogP) is -0.485. The van der Waals surface area contributed by atoms with Crippen LogP contribution in [0.5, 0.6) is 0 Å². The number of ether oxygens (including phenoxy) is 2. The van der Waals surface area contributed by atoms with E-state index in [1.54, 1.807) is 0 Å². The summed E-state index contributed by atoms with van der Waals surface area (Å²) in [7, 11) is 1.14. The smallest absolute Gasteiger partial charge is 0.345 e. The molecule has 0 spiro atoms. The fourth-order valence-corrected chi connectivity index (χ4v) is 0.433. The highest BCUT2D eigenvalue weighted by Crippen LogP contribution is 1.92. The Hall–Kier alpha value is -1.24. The van der Waals surface area contributed by atoms with Crippen LogP contribution in [0.1, 0.15) is 0 Å². The number of amides is 1. The van der Waals surface area contributed by atoms with Gasteiger partial charge in [-0.2, -0.15) is 8.78 Å². The maximum absolute atomic E-state index is 11.4. The monoisotopic (exact) mass is 197 g/mol. The van der Waals surface area contributed by atoms with Crippen LogP contribution in [0.15, 0.2) is 0 Å². The van der Waals surface area contributed by atoms with Crippen LogP contribution in [-0.2, 0) is 19.1 Å². The van der Waals surface area contributed by atoms with E-state index in [1.165, 1.54) is 0 Å². The van der Waals surface area contributed by atoms with Crippen molar-refractivity contribution in [1.82, 2.24) is 5.32 Å². The maximum Gasteiger partial charge on any atom is 0.345 e. The quantitative estimate of drug-likeness (QED) is 0.604. The number of halogens is 2. The third kappa shape index (κ3) is 7.13. The van der Waals surface area contributed by atoms with Crippen molar-refractivity contribution in [2.45, 2.75) is 6.61 Å². The standard InChI is InChI=1S/C6H9F2NO4/c1-12-5(11)2-9-4(10)3-13-6(7)8/h6H,2-3H2,1H3,(H,9,10). The van der Waals surface area contributed by atoms with Crippen LogP contribution in [0.3, 0.4) is 0 Å². The van der Waals surface area contributed by atoms with Gasteiger partial charge in [-0.05, 0) is 0 Å². The number of hydrogen-bond donors (Lipinski definition) is 1. The van der Waals surface area contributed by atoms with E-state index >= 15 is 0 Å². The van der Waals surface area contributed by atoms with E-state index in [0.717, 1.165) is 7.11 Å². The molecule has 0 aliphatic carbocycles. The predicted molar refractivity (Wildman–Crippen MR) is 37.0 cm³/mol. The van der Waals surface area contributed by atoms with Crippen LogP contribution in [-0.4, -0.2) is 38.7 Å². The molecule has 0 aromatic heterocycles. The van der Waals surface area contributed by atoms with E-state index in [2.05, 4.69) is 9.47 Å². The van der Waals surface area contributed by atoms with Crippen LogP contribution in [0.4, 0.5) is 8.78 Å². The average Bonchev–Trinajstić information content (AvgIpc) is 2.10. The Morgan fingerprint density at radius 2 is 2.08 bits per heavy atom. The molecule has 0 saturated heterocycles. The Morgan fingerprint density at radius 3 is 2.54 bits per heavy atom. The second-order valence-corrected chi connectivity index (χ2v) is 1.92. The lowest BCUT2D eigenvalue weighted by Crippen LogP contribution is -2.33. The van der Waals surface area contributed by atoms with Crippen molar-refractivity contribution >= 4 is 11.9 Å². The van der Waals surface area contributed by atoms with Crippen molar-refractivity contribution in [2.24, 2.45) is 0 Å². The van der Waals surface area contributed by atoms with E-state index in [-0.39, 0.29) is 6.54 Å². The molecule has 0 bridgehead atoms. The number of carbonyl (C=O) groups excluding carboxylic acids is 2. The molecule has 1 amide bonds. The van der Waals surface area contributed by atoms with Crippen molar-refractivity contribution in [1.29, 1.82) is 0 Å². The third-order valence-corrected chi connectivity index (χ3v) is 0.998. The zero-order valence-corrected chi connectivity index (χ0v) is 6.88. The van der Waals surface area contributed by atoms with Gasteiger partial charge in [0.25, 0.3) is 0 Å². The molecule has 1 N–H and O–H groups in total. The Bertz CT molecular complexity index is 185. The number of esters is 1. The molecular formula is C6H9F2NO4. The second kappa shape index (κ2) is 6.30. The van der Waals surface area contributed by atoms with Gasteiger partial charge in [0.1, 0.15) is 13.2 Å². The van der Waals surface area contributed by atoms with Gasteiger partial charge in [0.2, 0.25) is 5.91 Å². The van der Waals surface area contributed by atoms with Crippen molar-refractivity contribution in [3.63, 3.8) is 0 Å². The van der Waals surface area contributed by atoms with Gasteiger partial charge in [-0.3, -0.25) is 9.59 Å². The second-order valence-electron chi connectivity index (χ2n) is 1.92. The van der Waals surface area contributed by atoms with E-state index in [0.29, 0.717) is 0 Å². The number of nitrogens with one attached hydrogen (secondary N) is 1. The molecule has 7 heteroatoms. The van der Waals surface area contributed by atoms with Gasteiger partial charge < -0.3 is 14.8 Å². The molecule has 0 rings (SSSR count). The van der Waals surface area contributed by atoms with Crippen LogP contribution >= 0.6 is 0 Å². The molecule has 0 aromatic rings. The topological polar surface area (TPSA) is 64.6 Å². The van der Waals surface area contributed by atoms with Crippen LogP contribution in [0, 0.1) is 0 Å². The number of alkyl halides is 2. The molecular weight excluding hydrogens is 188 g/mol. The number of rotatable bonds is 5. The molecule has 0 radical (unpaired) electrons. The minimum absolute atomic E-state index is 0.359. The lowest BCUT2D eigenvalue weighted by atomic mass is 10.6. The fraction of sp³-hybridized carbons (Fsp3) is 0.667. The zero-order valence-electron chi connectivity index (χ0n) is 6.88. The van der Waals surface area contributed by atoms with Gasteiger partial charge in [0.15, 0.2) is 0 Å². The maximum atomic E-state index is 11.4. The molecule has 0 aliphatic heterocycles. The summed E-state index contributed by atoms with van der Waals surface area (Å²) < 4.78 is 30.6. The van der Waals surface area contributed by atoms with Crippen molar-refractivity contribution in [2.75, 3.05) is 20.3 Å². The van der Waals surface area contributed by atoms with Crippen LogP contribution < -0.4 is 5.32 Å². The molecule has 0 saturated carbocycles. The van der Waals surface area contributed by atoms with Crippen LogP contribution in [0.2, 0.25) is 0 Å². The van der Waals surface area contributed by atoms with E-state index < -0.39 is 25.1 Å². The average molecular weight is 197 g/mol. The van der Waals surface area contributed by atoms with Crippen molar-refractivity contribution in [3.05, 3.63) is 0 Å². The van der Waals surface area contributed by atoms with E-state index in [9.17, 15) is 18.4 Å². The largest absolute Gasteiger partial charge is 0.468 e. The Balaban J connectivity index is 3.46. The molecule has 0 unspecified atom stereocenters. The van der Waals surface area contributed by atoms with Gasteiger partial charge in [-0.1, -0.05) is 0 Å². The van der Waals surface area contributed by atoms with Crippen molar-refractivity contribution in [3.8, 4) is 0 Å². The summed E-state index contributed by atoms with van der Waals surface area (Å²) in [5.41, 5.74) is 0. The lowest BCUT2D eigenvalue weighted by molar-refractivity contribution is -0.153. The SMILES string of the molecule is COC(=O)CNC(=O)COC(F)F. The minimum atomic E-state index is -3.00. The third-order valence-electron chi connectivity index (χ3n) is 0.998. The molecule has 0 atom stereocenters. The Morgan fingerprint density at radius 1 is 1.46 bits per heavy atom. The van der Waals surface area contributed by atoms with E-state index in [4.69, 9.17) is 0 Å². The number of carbonyl (C=O) groups is 2. The van der Waals surface area contributed by atoms with Gasteiger partial charge in [0.05, 0.1) is 7.11 Å². The van der Waals surface area contributed by atoms with Gasteiger partial charge >= 0.3 is 12.6 Å². The van der Waals surface area contributed by atoms with Gasteiger partial charge in [-0.25, -0.2) is 0 Å². The Labute approximate surface area is 73.0 Å². The fourth-order valence-electron chi connectivity index (χ4n) is 0.433. The summed E-state index contributed by atoms with van der Waals surface area (Å²) in [6.45, 7) is -4.14. The normalized spacial score (nSPS) is 9.85. The molecule has 0 aromatic carbocycles. The lowest BCUT2D eigenvalue weighted by Gasteiger charge is -2.03. The number of hydrogen-bond acceptors (Lipinski definition) is 4. The summed E-state index contributed by atoms with van der Waals surface area (Å²) in [6, 6.07) is 0. The molecule has 13 heavy (non-hydrogen) atoms. The molecule has 0 aliphatic rings. The summed E-state index contributed by atoms with van der Waals surface area (Å²) >= 11 is 0. The van der Waals surface area contributed by atoms with Gasteiger partial charge in [0, 0.05) is 0 Å². The first-order valence-electron chi connectivity index (χ1n) is 3.29. The van der Waals surface area contributed by atoms with Crippen molar-refractivity contribution < 1.29 is 27.8 Å². The number of methoxy groups -OCH3 is 1. The zero-order chi connectivity index (χ0) is 10.3. The first-order valence-corrected chi connectivity index (χ1v) is 3.29. The van der Waals surface area contributed by atoms with Crippen LogP contribution in [0.25, 0.3) is 0 Å². The first-order chi connectivity index (χ1) is 6.06. The minimum Gasteiger partial charge on any atom is -0.468 e. The summed E-state index contributed by atoms with van der Waals surface area (Å²) in [4.78, 5) is 21.0. The molecule has 76 valence electrons. The summed E-state index contributed by atoms with van der Waals surface area (Å²) in [5.74, 6) is -1.46. The summed E-state index contributed by atoms with van der Waals surface area (Å²) in [6.07, 6.45) is 0. The molecule has 5 nitrogen and oxygen atoms in total. The van der Waals surface area contributed by atoms with E-state index in [1.807, 2.05) is 5.32 Å². The van der Waals surface area contributed by atoms with Gasteiger partial charge in [-0.15, -0.1) is 0 Å². The highest BCUT2D eigenvalue weighted by atomic mass is 19.3. The highest BCUT2D eigenvalue weighted by molar-refractivity contribution is 5.82. The summed E-state index contributed by atoms with van der Waals surface area (Å²) in [5, 5.41) is 2.02. The molecule has 0 heterocycles. The Kier molecular flexibility index (Phi) is 5.69. The first kappa shape index (κ1) is 11.8. The molecule has 0 fully saturated rings. The highest BCUT2D eigenvalue weighted by Gasteiger charge is 2.08.